The van der Waals surface area contributed by atoms with E-state index >= 15 is 0 Å². The van der Waals surface area contributed by atoms with Crippen LogP contribution in [0.15, 0.2) is 36.7 Å². The zero-order valence-electron chi connectivity index (χ0n) is 19.8. The molecule has 2 aromatic heterocycles. The molecule has 0 aromatic carbocycles. The first kappa shape index (κ1) is 25.1. The lowest BCUT2D eigenvalue weighted by molar-refractivity contribution is -0.138. The Kier molecular flexibility index (Phi) is 8.13. The molecule has 0 bridgehead atoms. The Hall–Kier alpha value is -3.57. The first-order chi connectivity index (χ1) is 16.2. The van der Waals surface area contributed by atoms with Crippen molar-refractivity contribution in [3.63, 3.8) is 0 Å². The van der Waals surface area contributed by atoms with Gasteiger partial charge in [0.1, 0.15) is 28.7 Å². The number of carbonyl (C=O) groups excluding carboxylic acids is 3. The van der Waals surface area contributed by atoms with E-state index in [0.717, 1.165) is 25.9 Å². The molecule has 11 nitrogen and oxygen atoms in total. The van der Waals surface area contributed by atoms with Gasteiger partial charge in [0.2, 0.25) is 5.91 Å². The van der Waals surface area contributed by atoms with Crippen LogP contribution in [0.4, 0.5) is 16.4 Å². The fraction of sp³-hybridized carbons (Fsp3) is 0.435. The number of rotatable bonds is 7. The number of imide groups is 1. The molecule has 1 fully saturated rings. The number of likely N-dealkylation sites (tertiary alicyclic amines) is 1. The molecule has 11 heteroatoms. The van der Waals surface area contributed by atoms with Gasteiger partial charge in [-0.2, -0.15) is 0 Å². The number of methoxy groups -OCH3 is 1. The Morgan fingerprint density at radius 1 is 1.03 bits per heavy atom. The van der Waals surface area contributed by atoms with E-state index in [9.17, 15) is 14.4 Å². The smallest absolute Gasteiger partial charge is 0.327 e. The van der Waals surface area contributed by atoms with Gasteiger partial charge in [-0.1, -0.05) is 0 Å². The van der Waals surface area contributed by atoms with Crippen molar-refractivity contribution < 1.29 is 23.9 Å². The molecule has 0 saturated carbocycles. The first-order valence-corrected chi connectivity index (χ1v) is 10.9. The lowest BCUT2D eigenvalue weighted by Gasteiger charge is -2.27. The van der Waals surface area contributed by atoms with Crippen molar-refractivity contribution in [3.05, 3.63) is 36.7 Å². The van der Waals surface area contributed by atoms with Crippen LogP contribution in [0.5, 0.6) is 11.5 Å². The van der Waals surface area contributed by atoms with Gasteiger partial charge in [0.15, 0.2) is 0 Å². The molecule has 1 aliphatic heterocycles. The number of amides is 4. The maximum absolute atomic E-state index is 12.5. The van der Waals surface area contributed by atoms with Crippen LogP contribution >= 0.6 is 0 Å². The summed E-state index contributed by atoms with van der Waals surface area (Å²) in [5.41, 5.74) is -1.14. The number of anilines is 2. The fourth-order valence-corrected chi connectivity index (χ4v) is 3.19. The predicted molar refractivity (Wildman–Crippen MR) is 126 cm³/mol. The third-order valence-corrected chi connectivity index (χ3v) is 5.57. The molecule has 3 N–H and O–H groups in total. The number of nitrogens with zero attached hydrogens (tertiary/aromatic N) is 3. The van der Waals surface area contributed by atoms with Crippen molar-refractivity contribution in [1.82, 2.24) is 20.2 Å². The van der Waals surface area contributed by atoms with E-state index in [1.807, 2.05) is 7.05 Å². The van der Waals surface area contributed by atoms with E-state index in [1.165, 1.54) is 19.4 Å². The van der Waals surface area contributed by atoms with Crippen LogP contribution in [0.2, 0.25) is 0 Å². The molecule has 4 amide bonds. The number of hydrogen-bond donors (Lipinski definition) is 3. The van der Waals surface area contributed by atoms with E-state index in [-0.39, 0.29) is 17.6 Å². The number of piperidine rings is 1. The van der Waals surface area contributed by atoms with Crippen molar-refractivity contribution >= 4 is 29.5 Å². The van der Waals surface area contributed by atoms with Crippen molar-refractivity contribution in [2.24, 2.45) is 5.92 Å². The molecule has 34 heavy (non-hydrogen) atoms. The Labute approximate surface area is 198 Å². The summed E-state index contributed by atoms with van der Waals surface area (Å²) in [5, 5.41) is 7.52. The van der Waals surface area contributed by atoms with Gasteiger partial charge < -0.3 is 19.7 Å². The van der Waals surface area contributed by atoms with Crippen LogP contribution in [0.25, 0.3) is 0 Å². The van der Waals surface area contributed by atoms with E-state index < -0.39 is 17.5 Å². The standard InChI is InChI=1S/C23H30N6O5/c1-23(2,33-4)21(31)28-22(32)27-18-6-5-17(14-25-18)34-16-7-10-24-19(13-16)26-20(30)15-8-11-29(3)12-9-15/h5-7,10,13-15H,8-9,11-12H2,1-4H3,(H,24,26,30)(H2,25,27,28,31,32). The van der Waals surface area contributed by atoms with Gasteiger partial charge in [-0.3, -0.25) is 20.2 Å². The molecule has 0 aliphatic carbocycles. The molecule has 0 atom stereocenters. The highest BCUT2D eigenvalue weighted by Gasteiger charge is 2.28. The van der Waals surface area contributed by atoms with E-state index in [4.69, 9.17) is 9.47 Å². The molecule has 182 valence electrons. The number of nitrogens with one attached hydrogen (secondary N) is 3. The lowest BCUT2D eigenvalue weighted by Crippen LogP contribution is -2.47. The third kappa shape index (κ3) is 6.96. The third-order valence-electron chi connectivity index (χ3n) is 5.57. The van der Waals surface area contributed by atoms with Gasteiger partial charge in [-0.15, -0.1) is 0 Å². The van der Waals surface area contributed by atoms with Gasteiger partial charge >= 0.3 is 6.03 Å². The molecule has 1 aliphatic rings. The lowest BCUT2D eigenvalue weighted by atomic mass is 9.96. The highest BCUT2D eigenvalue weighted by atomic mass is 16.5. The minimum Gasteiger partial charge on any atom is -0.456 e. The van der Waals surface area contributed by atoms with E-state index in [1.54, 1.807) is 38.2 Å². The van der Waals surface area contributed by atoms with E-state index in [2.05, 4.69) is 30.8 Å². The number of urea groups is 1. The van der Waals surface area contributed by atoms with Gasteiger partial charge in [-0.05, 0) is 65.0 Å². The minimum atomic E-state index is -1.14. The second-order valence-corrected chi connectivity index (χ2v) is 8.55. The highest BCUT2D eigenvalue weighted by Crippen LogP contribution is 2.24. The Bertz CT molecular complexity index is 1020. The molecule has 0 radical (unpaired) electrons. The second-order valence-electron chi connectivity index (χ2n) is 8.55. The number of aromatic nitrogens is 2. The van der Waals surface area contributed by atoms with Gasteiger partial charge in [0.05, 0.1) is 6.20 Å². The molecular weight excluding hydrogens is 440 g/mol. The second kappa shape index (κ2) is 11.0. The summed E-state index contributed by atoms with van der Waals surface area (Å²) >= 11 is 0. The van der Waals surface area contributed by atoms with Crippen LogP contribution in [0, 0.1) is 5.92 Å². The largest absolute Gasteiger partial charge is 0.456 e. The molecule has 0 spiro atoms. The van der Waals surface area contributed by atoms with Crippen molar-refractivity contribution in [3.8, 4) is 11.5 Å². The average molecular weight is 471 g/mol. The van der Waals surface area contributed by atoms with Crippen LogP contribution in [0.1, 0.15) is 26.7 Å². The molecule has 2 aromatic rings. The zero-order chi connectivity index (χ0) is 24.7. The molecule has 3 rings (SSSR count). The number of hydrogen-bond acceptors (Lipinski definition) is 8. The average Bonchev–Trinajstić information content (AvgIpc) is 2.81. The van der Waals surface area contributed by atoms with Crippen molar-refractivity contribution in [2.45, 2.75) is 32.3 Å². The van der Waals surface area contributed by atoms with Crippen LogP contribution in [-0.4, -0.2) is 65.6 Å². The number of pyridine rings is 2. The van der Waals surface area contributed by atoms with Gasteiger partial charge in [0, 0.05) is 25.3 Å². The Morgan fingerprint density at radius 3 is 2.41 bits per heavy atom. The molecule has 1 saturated heterocycles. The van der Waals surface area contributed by atoms with E-state index in [0.29, 0.717) is 17.3 Å². The molecule has 3 heterocycles. The molecule has 0 unspecified atom stereocenters. The monoisotopic (exact) mass is 470 g/mol. The molecular formula is C23H30N6O5. The fourth-order valence-electron chi connectivity index (χ4n) is 3.19. The summed E-state index contributed by atoms with van der Waals surface area (Å²) < 4.78 is 10.8. The summed E-state index contributed by atoms with van der Waals surface area (Å²) in [7, 11) is 3.43. The quantitative estimate of drug-likeness (QED) is 0.562. The zero-order valence-corrected chi connectivity index (χ0v) is 19.8. The maximum atomic E-state index is 12.5. The summed E-state index contributed by atoms with van der Waals surface area (Å²) in [4.78, 5) is 47.0. The number of carbonyl (C=O) groups is 3. The van der Waals surface area contributed by atoms with Gasteiger partial charge in [-0.25, -0.2) is 14.8 Å². The Morgan fingerprint density at radius 2 is 1.76 bits per heavy atom. The van der Waals surface area contributed by atoms with Gasteiger partial charge in [0.25, 0.3) is 5.91 Å². The summed E-state index contributed by atoms with van der Waals surface area (Å²) in [6.45, 7) is 4.89. The summed E-state index contributed by atoms with van der Waals surface area (Å²) in [5.74, 6) is 0.883. The Balaban J connectivity index is 1.53. The summed E-state index contributed by atoms with van der Waals surface area (Å²) in [6, 6.07) is 5.71. The maximum Gasteiger partial charge on any atom is 0.327 e. The van der Waals surface area contributed by atoms with Crippen LogP contribution in [0.3, 0.4) is 0 Å². The first-order valence-electron chi connectivity index (χ1n) is 10.9. The summed E-state index contributed by atoms with van der Waals surface area (Å²) in [6.07, 6.45) is 4.61. The topological polar surface area (TPSA) is 135 Å². The van der Waals surface area contributed by atoms with Crippen LogP contribution < -0.4 is 20.7 Å². The minimum absolute atomic E-state index is 0.0279. The predicted octanol–water partition coefficient (Wildman–Crippen LogP) is 2.62. The van der Waals surface area contributed by atoms with Crippen LogP contribution in [-0.2, 0) is 14.3 Å². The normalized spacial score (nSPS) is 14.8. The highest BCUT2D eigenvalue weighted by molar-refractivity contribution is 6.03. The SMILES string of the molecule is COC(C)(C)C(=O)NC(=O)Nc1ccc(Oc2ccnc(NC(=O)C3CCN(C)CC3)c2)cn1. The van der Waals surface area contributed by atoms with Crippen molar-refractivity contribution in [2.75, 3.05) is 37.9 Å². The number of ether oxygens (including phenoxy) is 2. The van der Waals surface area contributed by atoms with Crippen molar-refractivity contribution in [1.29, 1.82) is 0 Å².